The van der Waals surface area contributed by atoms with Crippen LogP contribution in [0.2, 0.25) is 0 Å². The Morgan fingerprint density at radius 1 is 1.18 bits per heavy atom. The predicted molar refractivity (Wildman–Crippen MR) is 113 cm³/mol. The van der Waals surface area contributed by atoms with Crippen LogP contribution in [0, 0.1) is 0 Å². The highest BCUT2D eigenvalue weighted by Crippen LogP contribution is 2.33. The number of methoxy groups -OCH3 is 2. The summed E-state index contributed by atoms with van der Waals surface area (Å²) in [6.07, 6.45) is 3.41. The number of ether oxygens (including phenoxy) is 2. The van der Waals surface area contributed by atoms with E-state index in [9.17, 15) is 5.11 Å². The predicted octanol–water partition coefficient (Wildman–Crippen LogP) is 3.91. The summed E-state index contributed by atoms with van der Waals surface area (Å²) in [5.74, 6) is 1.61. The van der Waals surface area contributed by atoms with Crippen molar-refractivity contribution in [1.29, 1.82) is 0 Å². The Bertz CT molecular complexity index is 1070. The van der Waals surface area contributed by atoms with Gasteiger partial charge in [-0.1, -0.05) is 18.2 Å². The first-order chi connectivity index (χ1) is 13.7. The zero-order valence-corrected chi connectivity index (χ0v) is 16.5. The molecule has 0 aliphatic heterocycles. The Morgan fingerprint density at radius 3 is 2.75 bits per heavy atom. The van der Waals surface area contributed by atoms with E-state index in [1.54, 1.807) is 49.4 Å². The molecule has 0 unspecified atom stereocenters. The molecule has 0 spiro atoms. The minimum atomic E-state index is 0.186. The number of aromatic hydroxyl groups is 1. The number of thiazole rings is 1. The van der Waals surface area contributed by atoms with Crippen LogP contribution in [0.5, 0.6) is 17.2 Å². The molecule has 3 rings (SSSR count). The van der Waals surface area contributed by atoms with Gasteiger partial charge in [0.2, 0.25) is 4.80 Å². The fourth-order valence-corrected chi connectivity index (χ4v) is 3.43. The van der Waals surface area contributed by atoms with Crippen molar-refractivity contribution in [2.75, 3.05) is 20.8 Å². The maximum absolute atomic E-state index is 9.67. The summed E-state index contributed by atoms with van der Waals surface area (Å²) in [5.41, 5.74) is 2.43. The molecule has 1 N–H and O–H groups in total. The molecule has 7 heteroatoms. The minimum Gasteiger partial charge on any atom is -0.508 e. The summed E-state index contributed by atoms with van der Waals surface area (Å²) in [4.78, 5) is 5.25. The van der Waals surface area contributed by atoms with Crippen LogP contribution in [0.3, 0.4) is 0 Å². The van der Waals surface area contributed by atoms with Gasteiger partial charge in [-0.05, 0) is 35.9 Å². The van der Waals surface area contributed by atoms with Gasteiger partial charge in [0.15, 0.2) is 0 Å². The van der Waals surface area contributed by atoms with Crippen LogP contribution in [0.4, 0.5) is 0 Å². The number of aromatic nitrogens is 1. The number of rotatable bonds is 7. The highest BCUT2D eigenvalue weighted by atomic mass is 32.1. The molecule has 0 fully saturated rings. The van der Waals surface area contributed by atoms with Crippen molar-refractivity contribution in [3.8, 4) is 28.5 Å². The standard InChI is InChI=1S/C21H21N3O3S/c1-4-10-22-21-24(23-13-15-6-5-7-16(25)11-15)19(14-28-21)18-12-17(26-2)8-9-20(18)27-3/h4-9,11-14,25H,1,10H2,2-3H3. The van der Waals surface area contributed by atoms with Gasteiger partial charge in [-0.2, -0.15) is 5.10 Å². The normalized spacial score (nSPS) is 11.7. The highest BCUT2D eigenvalue weighted by Gasteiger charge is 2.14. The number of phenolic OH excluding ortho intramolecular Hbond substituents is 1. The van der Waals surface area contributed by atoms with Crippen LogP contribution < -0.4 is 14.3 Å². The molecule has 144 valence electrons. The van der Waals surface area contributed by atoms with Crippen molar-refractivity contribution in [2.45, 2.75) is 0 Å². The van der Waals surface area contributed by atoms with Crippen LogP contribution in [-0.2, 0) is 0 Å². The van der Waals surface area contributed by atoms with E-state index in [-0.39, 0.29) is 5.75 Å². The van der Waals surface area contributed by atoms with Crippen LogP contribution in [0.15, 0.2) is 70.6 Å². The average Bonchev–Trinajstić information content (AvgIpc) is 3.12. The first-order valence-corrected chi connectivity index (χ1v) is 9.42. The maximum atomic E-state index is 9.67. The van der Waals surface area contributed by atoms with Gasteiger partial charge in [0.25, 0.3) is 0 Å². The lowest BCUT2D eigenvalue weighted by atomic mass is 10.1. The maximum Gasteiger partial charge on any atom is 0.206 e. The van der Waals surface area contributed by atoms with Gasteiger partial charge in [-0.15, -0.1) is 17.9 Å². The zero-order chi connectivity index (χ0) is 19.9. The van der Waals surface area contributed by atoms with Crippen molar-refractivity contribution in [3.05, 3.63) is 70.9 Å². The summed E-state index contributed by atoms with van der Waals surface area (Å²) in [7, 11) is 3.25. The van der Waals surface area contributed by atoms with Gasteiger partial charge in [0, 0.05) is 10.9 Å². The lowest BCUT2D eigenvalue weighted by Crippen LogP contribution is -2.12. The van der Waals surface area contributed by atoms with E-state index < -0.39 is 0 Å². The number of benzene rings is 2. The van der Waals surface area contributed by atoms with Crippen molar-refractivity contribution >= 4 is 17.6 Å². The lowest BCUT2D eigenvalue weighted by Gasteiger charge is -2.11. The summed E-state index contributed by atoms with van der Waals surface area (Å²) in [6.45, 7) is 4.21. The third kappa shape index (κ3) is 4.32. The van der Waals surface area contributed by atoms with Gasteiger partial charge in [-0.3, -0.25) is 4.99 Å². The van der Waals surface area contributed by atoms with Crippen LogP contribution in [-0.4, -0.2) is 36.8 Å². The summed E-state index contributed by atoms with van der Waals surface area (Å²) in [5, 5.41) is 16.2. The van der Waals surface area contributed by atoms with E-state index in [1.165, 1.54) is 11.3 Å². The lowest BCUT2D eigenvalue weighted by molar-refractivity contribution is 0.404. The second-order valence-corrected chi connectivity index (χ2v) is 6.59. The Kier molecular flexibility index (Phi) is 6.29. The summed E-state index contributed by atoms with van der Waals surface area (Å²) >= 11 is 1.47. The monoisotopic (exact) mass is 395 g/mol. The molecule has 1 heterocycles. The fraction of sp³-hybridized carbons (Fsp3) is 0.143. The van der Waals surface area contributed by atoms with E-state index >= 15 is 0 Å². The Hall–Kier alpha value is -3.32. The largest absolute Gasteiger partial charge is 0.508 e. The second-order valence-electron chi connectivity index (χ2n) is 5.75. The molecule has 2 aromatic carbocycles. The summed E-state index contributed by atoms with van der Waals surface area (Å²) < 4.78 is 12.6. The molecule has 0 amide bonds. The molecule has 0 saturated carbocycles. The van der Waals surface area contributed by atoms with Gasteiger partial charge in [0.1, 0.15) is 17.2 Å². The summed E-state index contributed by atoms with van der Waals surface area (Å²) in [6, 6.07) is 12.5. The average molecular weight is 395 g/mol. The number of phenols is 1. The molecule has 28 heavy (non-hydrogen) atoms. The third-order valence-electron chi connectivity index (χ3n) is 3.92. The first-order valence-electron chi connectivity index (χ1n) is 8.54. The molecule has 0 atom stereocenters. The van der Waals surface area contributed by atoms with Crippen LogP contribution in [0.1, 0.15) is 5.56 Å². The van der Waals surface area contributed by atoms with E-state index in [4.69, 9.17) is 9.47 Å². The molecule has 1 aromatic heterocycles. The third-order valence-corrected chi connectivity index (χ3v) is 4.77. The van der Waals surface area contributed by atoms with E-state index in [0.29, 0.717) is 12.3 Å². The fourth-order valence-electron chi connectivity index (χ4n) is 2.59. The molecule has 3 aromatic rings. The molecule has 0 radical (unpaired) electrons. The Morgan fingerprint density at radius 2 is 2.04 bits per heavy atom. The Balaban J connectivity index is 2.15. The minimum absolute atomic E-state index is 0.186. The molecular formula is C21H21N3O3S. The first kappa shape index (κ1) is 19.4. The van der Waals surface area contributed by atoms with Gasteiger partial charge in [-0.25, -0.2) is 4.68 Å². The van der Waals surface area contributed by atoms with Gasteiger partial charge < -0.3 is 14.6 Å². The van der Waals surface area contributed by atoms with Crippen molar-refractivity contribution < 1.29 is 14.6 Å². The van der Waals surface area contributed by atoms with Crippen molar-refractivity contribution in [3.63, 3.8) is 0 Å². The van der Waals surface area contributed by atoms with E-state index in [0.717, 1.165) is 27.4 Å². The topological polar surface area (TPSA) is 68.3 Å². The quantitative estimate of drug-likeness (QED) is 0.487. The number of hydrogen-bond acceptors (Lipinski definition) is 6. The number of nitrogens with zero attached hydrogens (tertiary/aromatic N) is 3. The van der Waals surface area contributed by atoms with Gasteiger partial charge >= 0.3 is 0 Å². The molecule has 0 saturated heterocycles. The molecule has 0 aliphatic rings. The zero-order valence-electron chi connectivity index (χ0n) is 15.7. The van der Waals surface area contributed by atoms with Crippen molar-refractivity contribution in [2.24, 2.45) is 10.1 Å². The van der Waals surface area contributed by atoms with Crippen molar-refractivity contribution in [1.82, 2.24) is 4.68 Å². The SMILES string of the molecule is C=CCN=c1scc(-c2cc(OC)ccc2OC)n1N=Cc1cccc(O)c1. The molecule has 6 nitrogen and oxygen atoms in total. The molecular weight excluding hydrogens is 374 g/mol. The van der Waals surface area contributed by atoms with E-state index in [2.05, 4.69) is 16.7 Å². The Labute approximate surface area is 167 Å². The molecule has 0 aliphatic carbocycles. The second kappa shape index (κ2) is 9.05. The van der Waals surface area contributed by atoms with Gasteiger partial charge in [0.05, 0.1) is 32.7 Å². The smallest absolute Gasteiger partial charge is 0.206 e. The van der Waals surface area contributed by atoms with Crippen LogP contribution in [0.25, 0.3) is 11.3 Å². The highest BCUT2D eigenvalue weighted by molar-refractivity contribution is 7.07. The van der Waals surface area contributed by atoms with E-state index in [1.807, 2.05) is 29.6 Å². The number of hydrogen-bond donors (Lipinski definition) is 1. The molecule has 0 bridgehead atoms. The van der Waals surface area contributed by atoms with Crippen LogP contribution >= 0.6 is 11.3 Å².